The van der Waals surface area contributed by atoms with Crippen LogP contribution in [0.4, 0.5) is 11.9 Å². The van der Waals surface area contributed by atoms with Gasteiger partial charge in [-0.3, -0.25) is 9.80 Å². The first-order chi connectivity index (χ1) is 12.4. The normalized spacial score (nSPS) is 23.3. The number of anilines is 2. The lowest BCUT2D eigenvalue weighted by atomic mass is 10.1. The zero-order valence-electron chi connectivity index (χ0n) is 15.3. The highest BCUT2D eigenvalue weighted by Crippen LogP contribution is 2.23. The number of hydrogen-bond donors (Lipinski definition) is 2. The Morgan fingerprint density at radius 3 is 2.85 bits per heavy atom. The van der Waals surface area contributed by atoms with Crippen molar-refractivity contribution in [1.82, 2.24) is 25.2 Å². The van der Waals surface area contributed by atoms with E-state index in [1.807, 2.05) is 14.0 Å². The molecule has 144 valence electrons. The summed E-state index contributed by atoms with van der Waals surface area (Å²) in [6.07, 6.45) is 0.772. The van der Waals surface area contributed by atoms with Crippen molar-refractivity contribution in [2.45, 2.75) is 32.4 Å². The second kappa shape index (κ2) is 7.72. The summed E-state index contributed by atoms with van der Waals surface area (Å²) in [7, 11) is 1.82. The Hall–Kier alpha value is -1.98. The van der Waals surface area contributed by atoms with Crippen molar-refractivity contribution in [3.63, 3.8) is 0 Å². The predicted molar refractivity (Wildman–Crippen MR) is 99.8 cm³/mol. The summed E-state index contributed by atoms with van der Waals surface area (Å²) in [4.78, 5) is 18.4. The van der Waals surface area contributed by atoms with Crippen molar-refractivity contribution in [3.05, 3.63) is 0 Å². The van der Waals surface area contributed by atoms with Gasteiger partial charge in [-0.2, -0.15) is 9.67 Å². The van der Waals surface area contributed by atoms with Crippen LogP contribution in [0.15, 0.2) is 0 Å². The highest BCUT2D eigenvalue weighted by atomic mass is 32.1. The number of nitrogens with zero attached hydrogens (tertiary/aromatic N) is 5. The number of carbonyl (C=O) groups excluding carboxylic acids is 1. The molecule has 1 atom stereocenters. The average molecular weight is 383 g/mol. The SMILES string of the molecule is CCOC(=O)CCC1(C)Nc2nc(N3CCOCC3)nn2C(=S)N(C)N1. The molecule has 1 saturated heterocycles. The number of aromatic nitrogens is 3. The van der Waals surface area contributed by atoms with Crippen LogP contribution >= 0.6 is 12.2 Å². The van der Waals surface area contributed by atoms with E-state index < -0.39 is 5.66 Å². The molecule has 1 aromatic heterocycles. The van der Waals surface area contributed by atoms with Crippen LogP contribution in [0.2, 0.25) is 0 Å². The maximum Gasteiger partial charge on any atom is 0.305 e. The molecular formula is C15H25N7O3S. The molecule has 11 heteroatoms. The highest BCUT2D eigenvalue weighted by molar-refractivity contribution is 7.80. The van der Waals surface area contributed by atoms with Gasteiger partial charge in [-0.15, -0.1) is 5.10 Å². The van der Waals surface area contributed by atoms with Crippen molar-refractivity contribution < 1.29 is 14.3 Å². The topological polar surface area (TPSA) is 96.8 Å². The maximum atomic E-state index is 11.7. The smallest absolute Gasteiger partial charge is 0.305 e. The molecule has 0 bridgehead atoms. The number of carbonyl (C=O) groups is 1. The molecule has 0 aliphatic carbocycles. The third-order valence-electron chi connectivity index (χ3n) is 4.29. The molecule has 2 aliphatic heterocycles. The van der Waals surface area contributed by atoms with E-state index >= 15 is 0 Å². The lowest BCUT2D eigenvalue weighted by Gasteiger charge is -2.33. The predicted octanol–water partition coefficient (Wildman–Crippen LogP) is 0.169. The van der Waals surface area contributed by atoms with Crippen LogP contribution in [0.5, 0.6) is 0 Å². The number of hydrogen-bond acceptors (Lipinski definition) is 9. The molecule has 2 N–H and O–H groups in total. The summed E-state index contributed by atoms with van der Waals surface area (Å²) >= 11 is 5.51. The van der Waals surface area contributed by atoms with E-state index in [-0.39, 0.29) is 12.4 Å². The second-order valence-corrected chi connectivity index (χ2v) is 6.83. The zero-order valence-corrected chi connectivity index (χ0v) is 16.1. The minimum atomic E-state index is -0.630. The molecule has 1 fully saturated rings. The summed E-state index contributed by atoms with van der Waals surface area (Å²) < 4.78 is 12.0. The summed E-state index contributed by atoms with van der Waals surface area (Å²) in [5.74, 6) is 0.920. The first kappa shape index (κ1) is 18.8. The molecular weight excluding hydrogens is 358 g/mol. The highest BCUT2D eigenvalue weighted by Gasteiger charge is 2.34. The molecule has 10 nitrogen and oxygen atoms in total. The monoisotopic (exact) mass is 383 g/mol. The molecule has 0 amide bonds. The summed E-state index contributed by atoms with van der Waals surface area (Å²) in [5.41, 5.74) is 2.64. The Kier molecular flexibility index (Phi) is 5.58. The molecule has 0 radical (unpaired) electrons. The molecule has 3 heterocycles. The minimum Gasteiger partial charge on any atom is -0.466 e. The van der Waals surface area contributed by atoms with Crippen LogP contribution in [0.1, 0.15) is 26.7 Å². The van der Waals surface area contributed by atoms with Crippen LogP contribution in [0.25, 0.3) is 0 Å². The summed E-state index contributed by atoms with van der Waals surface area (Å²) in [6.45, 7) is 6.90. The van der Waals surface area contributed by atoms with Gasteiger partial charge >= 0.3 is 5.97 Å². The van der Waals surface area contributed by atoms with Crippen molar-refractivity contribution >= 4 is 35.2 Å². The minimum absolute atomic E-state index is 0.234. The number of esters is 1. The first-order valence-corrected chi connectivity index (χ1v) is 9.12. The van der Waals surface area contributed by atoms with Gasteiger partial charge in [0.1, 0.15) is 5.66 Å². The summed E-state index contributed by atoms with van der Waals surface area (Å²) in [6, 6.07) is 0. The zero-order chi connectivity index (χ0) is 18.7. The van der Waals surface area contributed by atoms with Gasteiger partial charge in [0.25, 0.3) is 0 Å². The number of fused-ring (bicyclic) bond motifs is 1. The fraction of sp³-hybridized carbons (Fsp3) is 0.733. The van der Waals surface area contributed by atoms with E-state index in [0.717, 1.165) is 13.1 Å². The molecule has 1 unspecified atom stereocenters. The van der Waals surface area contributed by atoms with Crippen LogP contribution in [0.3, 0.4) is 0 Å². The number of hydrazine groups is 1. The molecule has 0 spiro atoms. The summed E-state index contributed by atoms with van der Waals surface area (Å²) in [5, 5.41) is 10.1. The van der Waals surface area contributed by atoms with E-state index in [2.05, 4.69) is 25.7 Å². The quantitative estimate of drug-likeness (QED) is 0.541. The fourth-order valence-electron chi connectivity index (χ4n) is 2.95. The van der Waals surface area contributed by atoms with Gasteiger partial charge in [0.15, 0.2) is 0 Å². The fourth-order valence-corrected chi connectivity index (χ4v) is 3.12. The van der Waals surface area contributed by atoms with Gasteiger partial charge in [-0.05, 0) is 32.5 Å². The lowest BCUT2D eigenvalue weighted by Crippen LogP contribution is -2.56. The molecule has 3 rings (SSSR count). The first-order valence-electron chi connectivity index (χ1n) is 8.71. The van der Waals surface area contributed by atoms with Gasteiger partial charge in [0.05, 0.1) is 19.8 Å². The Morgan fingerprint density at radius 1 is 1.42 bits per heavy atom. The van der Waals surface area contributed by atoms with Gasteiger partial charge in [0.2, 0.25) is 17.0 Å². The second-order valence-electron chi connectivity index (χ2n) is 6.46. The van der Waals surface area contributed by atoms with Crippen molar-refractivity contribution in [2.75, 3.05) is 50.2 Å². The van der Waals surface area contributed by atoms with Crippen LogP contribution in [-0.2, 0) is 14.3 Å². The van der Waals surface area contributed by atoms with E-state index in [1.54, 1.807) is 16.6 Å². The maximum absolute atomic E-state index is 11.7. The Labute approximate surface area is 157 Å². The number of ether oxygens (including phenoxy) is 2. The van der Waals surface area contributed by atoms with E-state index in [1.165, 1.54) is 0 Å². The molecule has 0 aromatic carbocycles. The van der Waals surface area contributed by atoms with E-state index in [0.29, 0.717) is 43.3 Å². The van der Waals surface area contributed by atoms with Gasteiger partial charge < -0.3 is 19.7 Å². The van der Waals surface area contributed by atoms with Gasteiger partial charge in [-0.25, -0.2) is 5.43 Å². The number of nitrogens with one attached hydrogen (secondary N) is 2. The van der Waals surface area contributed by atoms with E-state index in [4.69, 9.17) is 21.7 Å². The Balaban J connectivity index is 1.80. The number of thiocarbonyl (C=S) groups is 1. The Morgan fingerprint density at radius 2 is 2.15 bits per heavy atom. The van der Waals surface area contributed by atoms with Crippen molar-refractivity contribution in [3.8, 4) is 0 Å². The lowest BCUT2D eigenvalue weighted by molar-refractivity contribution is -0.143. The number of rotatable bonds is 5. The Bertz CT molecular complexity index is 676. The molecule has 1 aromatic rings. The van der Waals surface area contributed by atoms with E-state index in [9.17, 15) is 4.79 Å². The van der Waals surface area contributed by atoms with Crippen LogP contribution in [0, 0.1) is 0 Å². The largest absolute Gasteiger partial charge is 0.466 e. The molecule has 26 heavy (non-hydrogen) atoms. The van der Waals surface area contributed by atoms with Crippen molar-refractivity contribution in [1.29, 1.82) is 0 Å². The van der Waals surface area contributed by atoms with Crippen LogP contribution in [-0.4, -0.2) is 76.5 Å². The standard InChI is InChI=1S/C15H25N7O3S/c1-4-25-11(23)5-6-15(2)17-12-16-13(21-7-9-24-10-8-21)18-22(12)14(26)20(3)19-15/h19H,4-10H2,1-3H3,(H,16,17,18). The third kappa shape index (κ3) is 4.05. The van der Waals surface area contributed by atoms with Gasteiger partial charge in [-0.1, -0.05) is 0 Å². The molecule has 0 saturated carbocycles. The van der Waals surface area contributed by atoms with Crippen LogP contribution < -0.4 is 15.6 Å². The van der Waals surface area contributed by atoms with Gasteiger partial charge in [0, 0.05) is 26.6 Å². The molecule has 2 aliphatic rings. The number of morpholine rings is 1. The van der Waals surface area contributed by atoms with Crippen molar-refractivity contribution in [2.24, 2.45) is 0 Å². The average Bonchev–Trinajstić information content (AvgIpc) is 3.00. The third-order valence-corrected chi connectivity index (χ3v) is 4.74.